The molecule has 0 aliphatic carbocycles. The molecule has 0 atom stereocenters. The first-order chi connectivity index (χ1) is 11.2. The molecule has 0 aromatic heterocycles. The number of nitro groups is 1. The zero-order chi connectivity index (χ0) is 17.9. The molecule has 0 radical (unpaired) electrons. The van der Waals surface area contributed by atoms with Crippen LogP contribution in [0.25, 0.3) is 0 Å². The van der Waals surface area contributed by atoms with Crippen molar-refractivity contribution in [1.82, 2.24) is 4.90 Å². The maximum absolute atomic E-state index is 13.1. The summed E-state index contributed by atoms with van der Waals surface area (Å²) in [4.78, 5) is 22.3. The molecule has 7 nitrogen and oxygen atoms in total. The molecule has 0 unspecified atom stereocenters. The Bertz CT molecular complexity index is 628. The van der Waals surface area contributed by atoms with E-state index < -0.39 is 28.4 Å². The fraction of sp³-hybridized carbons (Fsp3) is 0.500. The summed E-state index contributed by atoms with van der Waals surface area (Å²) in [5, 5.41) is 10.7. The number of benzene rings is 1. The molecule has 24 heavy (non-hydrogen) atoms. The molecule has 1 amide bonds. The second kappa shape index (κ2) is 7.04. The summed E-state index contributed by atoms with van der Waals surface area (Å²) in [7, 11) is 0. The Morgan fingerprint density at radius 3 is 2.50 bits per heavy atom. The summed E-state index contributed by atoms with van der Waals surface area (Å²) in [6.07, 6.45) is -4.94. The van der Waals surface area contributed by atoms with Gasteiger partial charge in [0.2, 0.25) is 0 Å². The molecule has 2 N–H and O–H groups in total. The van der Waals surface area contributed by atoms with Crippen molar-refractivity contribution in [3.05, 3.63) is 39.4 Å². The van der Waals surface area contributed by atoms with Crippen LogP contribution in [0.15, 0.2) is 18.2 Å². The lowest BCUT2D eigenvalue weighted by atomic mass is 10.0. The first-order valence-corrected chi connectivity index (χ1v) is 7.20. The Kier molecular flexibility index (Phi) is 5.27. The largest absolute Gasteiger partial charge is 0.446 e. The minimum Gasteiger partial charge on any atom is -0.446 e. The third-order valence-electron chi connectivity index (χ3n) is 3.82. The summed E-state index contributed by atoms with van der Waals surface area (Å²) in [5.41, 5.74) is 3.30. The highest BCUT2D eigenvalue weighted by Gasteiger charge is 2.35. The van der Waals surface area contributed by atoms with Gasteiger partial charge in [0.05, 0.1) is 10.5 Å². The number of likely N-dealkylation sites (tertiary alicyclic amines) is 1. The van der Waals surface area contributed by atoms with E-state index in [1.807, 2.05) is 0 Å². The van der Waals surface area contributed by atoms with Gasteiger partial charge in [0.25, 0.3) is 5.69 Å². The summed E-state index contributed by atoms with van der Waals surface area (Å²) >= 11 is 0. The standard InChI is InChI=1S/C14H16F3N3O4/c15-14(16,17)12-7-10(20(22)23)2-1-9(12)8-19-5-3-11(4-6-19)24-13(18)21/h1-2,7,11H,3-6,8H2,(H2,18,21). The zero-order valence-corrected chi connectivity index (χ0v) is 12.6. The van der Waals surface area contributed by atoms with Crippen LogP contribution in [0, 0.1) is 10.1 Å². The molecule has 1 aromatic rings. The second-order valence-electron chi connectivity index (χ2n) is 5.51. The number of carbonyl (C=O) groups is 1. The third kappa shape index (κ3) is 4.57. The van der Waals surface area contributed by atoms with Gasteiger partial charge < -0.3 is 10.5 Å². The van der Waals surface area contributed by atoms with Gasteiger partial charge in [-0.05, 0) is 18.4 Å². The van der Waals surface area contributed by atoms with E-state index in [0.717, 1.165) is 12.1 Å². The number of hydrogen-bond acceptors (Lipinski definition) is 5. The van der Waals surface area contributed by atoms with E-state index in [9.17, 15) is 28.1 Å². The van der Waals surface area contributed by atoms with E-state index in [0.29, 0.717) is 32.0 Å². The van der Waals surface area contributed by atoms with Crippen molar-refractivity contribution >= 4 is 11.8 Å². The Hall–Kier alpha value is -2.36. The molecule has 0 bridgehead atoms. The maximum atomic E-state index is 13.1. The van der Waals surface area contributed by atoms with Crippen LogP contribution in [0.2, 0.25) is 0 Å². The first kappa shape index (κ1) is 18.0. The number of alkyl halides is 3. The van der Waals surface area contributed by atoms with E-state index in [2.05, 4.69) is 0 Å². The highest BCUT2D eigenvalue weighted by Crippen LogP contribution is 2.35. The number of piperidine rings is 1. The number of nitro benzene ring substituents is 1. The normalized spacial score (nSPS) is 16.8. The van der Waals surface area contributed by atoms with Crippen molar-refractivity contribution < 1.29 is 27.6 Å². The van der Waals surface area contributed by atoms with Gasteiger partial charge in [0, 0.05) is 31.8 Å². The van der Waals surface area contributed by atoms with Crippen molar-refractivity contribution in [2.24, 2.45) is 5.73 Å². The molecule has 1 fully saturated rings. The number of nitrogens with two attached hydrogens (primary N) is 1. The average Bonchev–Trinajstić information content (AvgIpc) is 2.48. The number of non-ortho nitro benzene ring substituents is 1. The highest BCUT2D eigenvalue weighted by atomic mass is 19.4. The van der Waals surface area contributed by atoms with Gasteiger partial charge in [-0.2, -0.15) is 13.2 Å². The van der Waals surface area contributed by atoms with E-state index in [1.165, 1.54) is 0 Å². The molecule has 0 spiro atoms. The lowest BCUT2D eigenvalue weighted by Gasteiger charge is -2.31. The summed E-state index contributed by atoms with van der Waals surface area (Å²) in [6, 6.07) is 2.75. The monoisotopic (exact) mass is 347 g/mol. The van der Waals surface area contributed by atoms with Gasteiger partial charge >= 0.3 is 12.3 Å². The van der Waals surface area contributed by atoms with Gasteiger partial charge in [-0.1, -0.05) is 6.07 Å². The minimum atomic E-state index is -4.67. The van der Waals surface area contributed by atoms with Crippen LogP contribution in [-0.2, 0) is 17.5 Å². The number of hydrogen-bond donors (Lipinski definition) is 1. The molecule has 1 saturated heterocycles. The van der Waals surface area contributed by atoms with Crippen molar-refractivity contribution in [2.75, 3.05) is 13.1 Å². The topological polar surface area (TPSA) is 98.7 Å². The average molecular weight is 347 g/mol. The van der Waals surface area contributed by atoms with E-state index in [1.54, 1.807) is 4.90 Å². The lowest BCUT2D eigenvalue weighted by molar-refractivity contribution is -0.385. The van der Waals surface area contributed by atoms with Gasteiger partial charge in [-0.3, -0.25) is 15.0 Å². The summed E-state index contributed by atoms with van der Waals surface area (Å²) in [5.74, 6) is 0. The third-order valence-corrected chi connectivity index (χ3v) is 3.82. The Labute approximate surface area is 135 Å². The number of ether oxygens (including phenoxy) is 1. The second-order valence-corrected chi connectivity index (χ2v) is 5.51. The Balaban J connectivity index is 2.10. The van der Waals surface area contributed by atoms with Crippen molar-refractivity contribution in [3.8, 4) is 0 Å². The molecule has 10 heteroatoms. The van der Waals surface area contributed by atoms with E-state index >= 15 is 0 Å². The molecule has 1 aliphatic rings. The predicted octanol–water partition coefficient (Wildman–Crippen LogP) is 2.67. The maximum Gasteiger partial charge on any atom is 0.416 e. The van der Waals surface area contributed by atoms with E-state index in [-0.39, 0.29) is 18.2 Å². The van der Waals surface area contributed by atoms with Gasteiger partial charge in [0.1, 0.15) is 6.10 Å². The van der Waals surface area contributed by atoms with Crippen LogP contribution in [0.4, 0.5) is 23.7 Å². The van der Waals surface area contributed by atoms with Crippen molar-refractivity contribution in [2.45, 2.75) is 31.7 Å². The summed E-state index contributed by atoms with van der Waals surface area (Å²) in [6.45, 7) is 0.884. The quantitative estimate of drug-likeness (QED) is 0.667. The van der Waals surface area contributed by atoms with Gasteiger partial charge in [0.15, 0.2) is 0 Å². The van der Waals surface area contributed by atoms with Crippen LogP contribution >= 0.6 is 0 Å². The van der Waals surface area contributed by atoms with Crippen LogP contribution in [0.5, 0.6) is 0 Å². The predicted molar refractivity (Wildman–Crippen MR) is 77.1 cm³/mol. The van der Waals surface area contributed by atoms with E-state index in [4.69, 9.17) is 10.5 Å². The number of carbonyl (C=O) groups excluding carboxylic acids is 1. The van der Waals surface area contributed by atoms with Crippen molar-refractivity contribution in [1.29, 1.82) is 0 Å². The van der Waals surface area contributed by atoms with Crippen molar-refractivity contribution in [3.63, 3.8) is 0 Å². The fourth-order valence-electron chi connectivity index (χ4n) is 2.67. The van der Waals surface area contributed by atoms with Crippen LogP contribution in [0.3, 0.4) is 0 Å². The summed E-state index contributed by atoms with van der Waals surface area (Å²) < 4.78 is 44.3. The Morgan fingerprint density at radius 2 is 2.00 bits per heavy atom. The highest BCUT2D eigenvalue weighted by molar-refractivity contribution is 5.64. The molecule has 0 saturated carbocycles. The number of amides is 1. The van der Waals surface area contributed by atoms with Crippen LogP contribution in [0.1, 0.15) is 24.0 Å². The molecule has 132 valence electrons. The Morgan fingerprint density at radius 1 is 1.38 bits per heavy atom. The molecule has 1 aliphatic heterocycles. The first-order valence-electron chi connectivity index (χ1n) is 7.20. The van der Waals surface area contributed by atoms with Gasteiger partial charge in [-0.15, -0.1) is 0 Å². The number of nitrogens with zero attached hydrogens (tertiary/aromatic N) is 2. The van der Waals surface area contributed by atoms with Gasteiger partial charge in [-0.25, -0.2) is 4.79 Å². The van der Waals surface area contributed by atoms with Crippen LogP contribution < -0.4 is 5.73 Å². The molecular weight excluding hydrogens is 331 g/mol. The SMILES string of the molecule is NC(=O)OC1CCN(Cc2ccc([N+](=O)[O-])cc2C(F)(F)F)CC1. The number of primary amides is 1. The molecule has 1 aromatic carbocycles. The van der Waals surface area contributed by atoms with Crippen LogP contribution in [-0.4, -0.2) is 35.1 Å². The molecular formula is C14H16F3N3O4. The number of rotatable bonds is 4. The smallest absolute Gasteiger partial charge is 0.416 e. The minimum absolute atomic E-state index is 0.0100. The lowest BCUT2D eigenvalue weighted by Crippen LogP contribution is -2.38. The fourth-order valence-corrected chi connectivity index (χ4v) is 2.67. The zero-order valence-electron chi connectivity index (χ0n) is 12.6. The molecule has 1 heterocycles. The molecule has 2 rings (SSSR count). The number of halogens is 3.